The van der Waals surface area contributed by atoms with E-state index in [0.717, 1.165) is 31.9 Å². The molecule has 0 aromatic heterocycles. The predicted molar refractivity (Wildman–Crippen MR) is 82.6 cm³/mol. The Kier molecular flexibility index (Phi) is 5.68. The second-order valence-electron chi connectivity index (χ2n) is 5.67. The number of aliphatic hydroxyl groups excluding tert-OH is 1. The van der Waals surface area contributed by atoms with Gasteiger partial charge in [0.05, 0.1) is 11.0 Å². The molecule has 1 aliphatic rings. The van der Waals surface area contributed by atoms with Crippen molar-refractivity contribution in [1.29, 1.82) is 0 Å². The van der Waals surface area contributed by atoms with Gasteiger partial charge in [-0.2, -0.15) is 0 Å². The van der Waals surface area contributed by atoms with E-state index in [4.69, 9.17) is 5.11 Å². The molecule has 7 heteroatoms. The quantitative estimate of drug-likeness (QED) is 0.643. The third-order valence-corrected chi connectivity index (χ3v) is 4.23. The number of benzene rings is 1. The zero-order valence-corrected chi connectivity index (χ0v) is 12.7. The maximum Gasteiger partial charge on any atom is 0.295 e. The van der Waals surface area contributed by atoms with E-state index in [0.29, 0.717) is 24.8 Å². The summed E-state index contributed by atoms with van der Waals surface area (Å²) in [7, 11) is 2.04. The van der Waals surface area contributed by atoms with E-state index in [1.54, 1.807) is 0 Å². The van der Waals surface area contributed by atoms with Crippen molar-refractivity contribution in [3.8, 4) is 0 Å². The van der Waals surface area contributed by atoms with Gasteiger partial charge in [0.25, 0.3) is 5.69 Å². The summed E-state index contributed by atoms with van der Waals surface area (Å²) in [4.78, 5) is 14.7. The van der Waals surface area contributed by atoms with E-state index in [2.05, 4.69) is 4.90 Å². The van der Waals surface area contributed by atoms with Crippen LogP contribution in [0.4, 0.5) is 15.8 Å². The molecule has 1 aliphatic heterocycles. The minimum absolute atomic E-state index is 0.174. The highest BCUT2D eigenvalue weighted by Crippen LogP contribution is 2.31. The van der Waals surface area contributed by atoms with Crippen molar-refractivity contribution in [2.75, 3.05) is 38.2 Å². The first-order valence-corrected chi connectivity index (χ1v) is 7.53. The van der Waals surface area contributed by atoms with Gasteiger partial charge < -0.3 is 14.9 Å². The number of halogens is 1. The number of rotatable bonds is 6. The largest absolute Gasteiger partial charge is 0.396 e. The number of nitrogens with zero attached hydrogens (tertiary/aromatic N) is 3. The second-order valence-corrected chi connectivity index (χ2v) is 5.67. The molecule has 1 fully saturated rings. The first kappa shape index (κ1) is 16.6. The molecular formula is C15H22FN3O3. The summed E-state index contributed by atoms with van der Waals surface area (Å²) in [6.07, 6.45) is 2.55. The van der Waals surface area contributed by atoms with Crippen LogP contribution in [-0.2, 0) is 0 Å². The maximum absolute atomic E-state index is 13.2. The molecule has 0 bridgehead atoms. The first-order valence-electron chi connectivity index (χ1n) is 7.53. The smallest absolute Gasteiger partial charge is 0.295 e. The van der Waals surface area contributed by atoms with Crippen LogP contribution in [0, 0.1) is 15.9 Å². The molecule has 0 atom stereocenters. The van der Waals surface area contributed by atoms with Crippen LogP contribution in [0.5, 0.6) is 0 Å². The van der Waals surface area contributed by atoms with Gasteiger partial charge in [-0.1, -0.05) is 0 Å². The molecule has 1 N–H and O–H groups in total. The highest BCUT2D eigenvalue weighted by atomic mass is 19.1. The van der Waals surface area contributed by atoms with Gasteiger partial charge in [0.2, 0.25) is 0 Å². The SMILES string of the molecule is CN(CCCO)C1CCN(c2ccc(F)cc2[N+](=O)[O-])CC1. The lowest BCUT2D eigenvalue weighted by Gasteiger charge is -2.37. The van der Waals surface area contributed by atoms with Crippen LogP contribution < -0.4 is 4.90 Å². The number of aliphatic hydroxyl groups is 1. The summed E-state index contributed by atoms with van der Waals surface area (Å²) >= 11 is 0. The third kappa shape index (κ3) is 3.92. The van der Waals surface area contributed by atoms with Crippen molar-refractivity contribution in [2.24, 2.45) is 0 Å². The fraction of sp³-hybridized carbons (Fsp3) is 0.600. The van der Waals surface area contributed by atoms with E-state index in [-0.39, 0.29) is 12.3 Å². The Morgan fingerprint density at radius 2 is 2.14 bits per heavy atom. The molecule has 0 amide bonds. The predicted octanol–water partition coefficient (Wildman–Crippen LogP) is 2.02. The van der Waals surface area contributed by atoms with Gasteiger partial charge in [-0.15, -0.1) is 0 Å². The second kappa shape index (κ2) is 7.51. The van der Waals surface area contributed by atoms with Crippen molar-refractivity contribution in [3.05, 3.63) is 34.1 Å². The number of anilines is 1. The molecule has 22 heavy (non-hydrogen) atoms. The standard InChI is InChI=1S/C15H22FN3O3/c1-17(7-2-10-20)13-5-8-18(9-6-13)14-4-3-12(16)11-15(14)19(21)22/h3-4,11,13,20H,2,5-10H2,1H3. The average Bonchev–Trinajstić information content (AvgIpc) is 2.52. The van der Waals surface area contributed by atoms with Crippen molar-refractivity contribution in [1.82, 2.24) is 4.90 Å². The lowest BCUT2D eigenvalue weighted by Crippen LogP contribution is -2.44. The van der Waals surface area contributed by atoms with E-state index in [1.807, 2.05) is 11.9 Å². The highest BCUT2D eigenvalue weighted by Gasteiger charge is 2.26. The Labute approximate surface area is 129 Å². The Balaban J connectivity index is 2.01. The summed E-state index contributed by atoms with van der Waals surface area (Å²) < 4.78 is 13.2. The Bertz CT molecular complexity index is 519. The highest BCUT2D eigenvalue weighted by molar-refractivity contribution is 5.63. The number of nitro benzene ring substituents is 1. The van der Waals surface area contributed by atoms with Gasteiger partial charge in [-0.05, 0) is 38.4 Å². The minimum atomic E-state index is -0.589. The summed E-state index contributed by atoms with van der Waals surface area (Å²) in [5.41, 5.74) is 0.315. The normalized spacial score (nSPS) is 16.3. The van der Waals surface area contributed by atoms with E-state index in [1.165, 1.54) is 12.1 Å². The summed E-state index contributed by atoms with van der Waals surface area (Å²) in [5, 5.41) is 20.0. The van der Waals surface area contributed by atoms with E-state index < -0.39 is 10.7 Å². The molecule has 1 saturated heterocycles. The minimum Gasteiger partial charge on any atom is -0.396 e. The number of piperidine rings is 1. The number of hydrogen-bond donors (Lipinski definition) is 1. The van der Waals surface area contributed by atoms with Crippen LogP contribution in [0.2, 0.25) is 0 Å². The first-order chi connectivity index (χ1) is 10.5. The molecule has 0 aliphatic carbocycles. The van der Waals surface area contributed by atoms with Gasteiger partial charge in [0.1, 0.15) is 11.5 Å². The Morgan fingerprint density at radius 3 is 2.73 bits per heavy atom. The lowest BCUT2D eigenvalue weighted by atomic mass is 10.0. The zero-order valence-electron chi connectivity index (χ0n) is 12.7. The summed E-state index contributed by atoms with van der Waals surface area (Å²) in [6.45, 7) is 2.45. The summed E-state index contributed by atoms with van der Waals surface area (Å²) in [5.74, 6) is -0.589. The number of hydrogen-bond acceptors (Lipinski definition) is 5. The summed E-state index contributed by atoms with van der Waals surface area (Å²) in [6, 6.07) is 4.15. The molecule has 0 saturated carbocycles. The van der Waals surface area contributed by atoms with Gasteiger partial charge in [-0.25, -0.2) is 4.39 Å². The van der Waals surface area contributed by atoms with Crippen LogP contribution in [0.15, 0.2) is 18.2 Å². The third-order valence-electron chi connectivity index (χ3n) is 4.23. The van der Waals surface area contributed by atoms with E-state index in [9.17, 15) is 14.5 Å². The molecule has 0 spiro atoms. The lowest BCUT2D eigenvalue weighted by molar-refractivity contribution is -0.384. The van der Waals surface area contributed by atoms with Crippen LogP contribution in [0.25, 0.3) is 0 Å². The van der Waals surface area contributed by atoms with Crippen molar-refractivity contribution >= 4 is 11.4 Å². The van der Waals surface area contributed by atoms with Crippen LogP contribution >= 0.6 is 0 Å². The van der Waals surface area contributed by atoms with Crippen molar-refractivity contribution in [3.63, 3.8) is 0 Å². The van der Waals surface area contributed by atoms with Gasteiger partial charge in [0.15, 0.2) is 0 Å². The fourth-order valence-corrected chi connectivity index (χ4v) is 2.96. The molecule has 0 unspecified atom stereocenters. The molecule has 2 rings (SSSR count). The molecule has 1 aromatic rings. The molecule has 122 valence electrons. The van der Waals surface area contributed by atoms with Crippen LogP contribution in [-0.4, -0.2) is 54.3 Å². The van der Waals surface area contributed by atoms with Crippen LogP contribution in [0.3, 0.4) is 0 Å². The van der Waals surface area contributed by atoms with Gasteiger partial charge in [-0.3, -0.25) is 10.1 Å². The van der Waals surface area contributed by atoms with Crippen molar-refractivity contribution in [2.45, 2.75) is 25.3 Å². The average molecular weight is 311 g/mol. The Hall–Kier alpha value is -1.73. The number of nitro groups is 1. The maximum atomic E-state index is 13.2. The molecule has 6 nitrogen and oxygen atoms in total. The molecular weight excluding hydrogens is 289 g/mol. The Morgan fingerprint density at radius 1 is 1.45 bits per heavy atom. The molecule has 0 radical (unpaired) electrons. The zero-order chi connectivity index (χ0) is 16.1. The fourth-order valence-electron chi connectivity index (χ4n) is 2.96. The van der Waals surface area contributed by atoms with Gasteiger partial charge in [0, 0.05) is 32.3 Å². The van der Waals surface area contributed by atoms with E-state index >= 15 is 0 Å². The van der Waals surface area contributed by atoms with Crippen LogP contribution in [0.1, 0.15) is 19.3 Å². The molecule has 1 aromatic carbocycles. The molecule has 1 heterocycles. The topological polar surface area (TPSA) is 69.8 Å². The van der Waals surface area contributed by atoms with Crippen molar-refractivity contribution < 1.29 is 14.4 Å². The monoisotopic (exact) mass is 311 g/mol. The van der Waals surface area contributed by atoms with Gasteiger partial charge >= 0.3 is 0 Å².